The van der Waals surface area contributed by atoms with Gasteiger partial charge in [0.15, 0.2) is 0 Å². The highest BCUT2D eigenvalue weighted by Crippen LogP contribution is 2.17. The second kappa shape index (κ2) is 9.59. The average molecular weight is 359 g/mol. The Labute approximate surface area is 153 Å². The summed E-state index contributed by atoms with van der Waals surface area (Å²) < 4.78 is 5.46. The van der Waals surface area contributed by atoms with E-state index in [1.807, 2.05) is 23.1 Å². The summed E-state index contributed by atoms with van der Waals surface area (Å²) in [5, 5.41) is 5.20. The van der Waals surface area contributed by atoms with Crippen LogP contribution in [0.3, 0.4) is 0 Å². The molecule has 3 rings (SSSR count). The minimum atomic E-state index is 0.0550. The predicted molar refractivity (Wildman–Crippen MR) is 102 cm³/mol. The zero-order valence-electron chi connectivity index (χ0n) is 14.5. The van der Waals surface area contributed by atoms with Gasteiger partial charge in [0.25, 0.3) is 0 Å². The Balaban J connectivity index is 1.53. The standard InChI is InChI=1S/C20H26N2O2S/c23-20(21-12-8-17-5-2-1-3-6-17)22(18-10-14-24-15-11-18)13-9-19-7-4-16-25-19/h1-7,16,18H,8-15H2,(H,21,23). The Hall–Kier alpha value is -1.85. The van der Waals surface area contributed by atoms with Gasteiger partial charge in [-0.1, -0.05) is 36.4 Å². The van der Waals surface area contributed by atoms with Crippen LogP contribution in [0.25, 0.3) is 0 Å². The number of hydrogen-bond acceptors (Lipinski definition) is 3. The molecule has 25 heavy (non-hydrogen) atoms. The molecule has 1 aliphatic rings. The van der Waals surface area contributed by atoms with Crippen molar-refractivity contribution in [3.63, 3.8) is 0 Å². The van der Waals surface area contributed by atoms with Gasteiger partial charge in [-0.3, -0.25) is 0 Å². The first-order valence-corrected chi connectivity index (χ1v) is 9.89. The summed E-state index contributed by atoms with van der Waals surface area (Å²) in [7, 11) is 0. The topological polar surface area (TPSA) is 41.6 Å². The van der Waals surface area contributed by atoms with Crippen molar-refractivity contribution >= 4 is 17.4 Å². The van der Waals surface area contributed by atoms with Crippen LogP contribution in [0.2, 0.25) is 0 Å². The number of nitrogens with zero attached hydrogens (tertiary/aromatic N) is 1. The van der Waals surface area contributed by atoms with E-state index in [1.54, 1.807) is 11.3 Å². The lowest BCUT2D eigenvalue weighted by Crippen LogP contribution is -2.49. The Morgan fingerprint density at radius 1 is 1.12 bits per heavy atom. The normalized spacial score (nSPS) is 15.0. The largest absolute Gasteiger partial charge is 0.381 e. The summed E-state index contributed by atoms with van der Waals surface area (Å²) in [6.45, 7) is 2.93. The average Bonchev–Trinajstić information content (AvgIpc) is 3.17. The van der Waals surface area contributed by atoms with Crippen molar-refractivity contribution in [2.75, 3.05) is 26.3 Å². The number of rotatable bonds is 7. The maximum absolute atomic E-state index is 12.8. The third-order valence-electron chi connectivity index (χ3n) is 4.60. The van der Waals surface area contributed by atoms with Crippen LogP contribution < -0.4 is 5.32 Å². The molecule has 0 unspecified atom stereocenters. The van der Waals surface area contributed by atoms with E-state index in [4.69, 9.17) is 4.74 Å². The third-order valence-corrected chi connectivity index (χ3v) is 5.54. The van der Waals surface area contributed by atoms with Crippen molar-refractivity contribution in [3.05, 3.63) is 58.3 Å². The summed E-state index contributed by atoms with van der Waals surface area (Å²) >= 11 is 1.76. The number of urea groups is 1. The van der Waals surface area contributed by atoms with E-state index < -0.39 is 0 Å². The molecule has 1 aliphatic heterocycles. The van der Waals surface area contributed by atoms with E-state index >= 15 is 0 Å². The Bertz CT molecular complexity index is 624. The molecular formula is C20H26N2O2S. The van der Waals surface area contributed by atoms with Gasteiger partial charge in [0, 0.05) is 37.2 Å². The van der Waals surface area contributed by atoms with Gasteiger partial charge in [-0.05, 0) is 42.7 Å². The van der Waals surface area contributed by atoms with Crippen LogP contribution in [-0.4, -0.2) is 43.3 Å². The molecule has 0 atom stereocenters. The summed E-state index contributed by atoms with van der Waals surface area (Å²) in [6, 6.07) is 14.8. The molecule has 4 nitrogen and oxygen atoms in total. The fourth-order valence-electron chi connectivity index (χ4n) is 3.19. The van der Waals surface area contributed by atoms with Crippen molar-refractivity contribution in [1.29, 1.82) is 0 Å². The first kappa shape index (κ1) is 18.0. The third kappa shape index (κ3) is 5.58. The van der Waals surface area contributed by atoms with Crippen LogP contribution in [0.15, 0.2) is 47.8 Å². The van der Waals surface area contributed by atoms with Crippen LogP contribution >= 0.6 is 11.3 Å². The lowest BCUT2D eigenvalue weighted by Gasteiger charge is -2.34. The predicted octanol–water partition coefficient (Wildman–Crippen LogP) is 3.72. The summed E-state index contributed by atoms with van der Waals surface area (Å²) in [5.74, 6) is 0. The molecule has 0 radical (unpaired) electrons. The molecule has 0 aliphatic carbocycles. The maximum Gasteiger partial charge on any atom is 0.317 e. The monoisotopic (exact) mass is 358 g/mol. The summed E-state index contributed by atoms with van der Waals surface area (Å²) in [6.07, 6.45) is 3.63. The molecule has 1 fully saturated rings. The number of benzene rings is 1. The highest BCUT2D eigenvalue weighted by Gasteiger charge is 2.25. The molecule has 1 saturated heterocycles. The van der Waals surface area contributed by atoms with E-state index in [9.17, 15) is 4.79 Å². The zero-order chi connectivity index (χ0) is 17.3. The minimum absolute atomic E-state index is 0.0550. The first-order chi connectivity index (χ1) is 12.3. The maximum atomic E-state index is 12.8. The highest BCUT2D eigenvalue weighted by molar-refractivity contribution is 7.09. The quantitative estimate of drug-likeness (QED) is 0.819. The van der Waals surface area contributed by atoms with Crippen LogP contribution in [0.5, 0.6) is 0 Å². The Kier molecular flexibility index (Phi) is 6.89. The van der Waals surface area contributed by atoms with E-state index in [-0.39, 0.29) is 12.1 Å². The fourth-order valence-corrected chi connectivity index (χ4v) is 3.89. The number of thiophene rings is 1. The second-order valence-corrected chi connectivity index (χ2v) is 7.37. The van der Waals surface area contributed by atoms with Crippen molar-refractivity contribution in [3.8, 4) is 0 Å². The van der Waals surface area contributed by atoms with Crippen LogP contribution in [0.1, 0.15) is 23.3 Å². The van der Waals surface area contributed by atoms with Crippen LogP contribution in [0, 0.1) is 0 Å². The van der Waals surface area contributed by atoms with Gasteiger partial charge in [0.05, 0.1) is 0 Å². The molecule has 0 saturated carbocycles. The minimum Gasteiger partial charge on any atom is -0.381 e. The van der Waals surface area contributed by atoms with E-state index in [1.165, 1.54) is 10.4 Å². The molecule has 0 bridgehead atoms. The molecule has 2 heterocycles. The molecule has 1 aromatic heterocycles. The van der Waals surface area contributed by atoms with Gasteiger partial charge in [-0.15, -0.1) is 11.3 Å². The van der Waals surface area contributed by atoms with Gasteiger partial charge in [-0.25, -0.2) is 4.79 Å². The van der Waals surface area contributed by atoms with Crippen molar-refractivity contribution in [1.82, 2.24) is 10.2 Å². The molecule has 1 aromatic carbocycles. The highest BCUT2D eigenvalue weighted by atomic mass is 32.1. The molecule has 5 heteroatoms. The van der Waals surface area contributed by atoms with Gasteiger partial charge in [0.2, 0.25) is 0 Å². The van der Waals surface area contributed by atoms with Crippen molar-refractivity contribution in [2.24, 2.45) is 0 Å². The SMILES string of the molecule is O=C(NCCc1ccccc1)N(CCc1cccs1)C1CCOCC1. The zero-order valence-corrected chi connectivity index (χ0v) is 15.3. The molecule has 134 valence electrons. The Morgan fingerprint density at radius 2 is 1.92 bits per heavy atom. The second-order valence-electron chi connectivity index (χ2n) is 6.33. The molecule has 0 spiro atoms. The van der Waals surface area contributed by atoms with Gasteiger partial charge in [0.1, 0.15) is 0 Å². The van der Waals surface area contributed by atoms with Crippen molar-refractivity contribution in [2.45, 2.75) is 31.7 Å². The van der Waals surface area contributed by atoms with Gasteiger partial charge < -0.3 is 15.0 Å². The lowest BCUT2D eigenvalue weighted by atomic mass is 10.1. The summed E-state index contributed by atoms with van der Waals surface area (Å²) in [5.41, 5.74) is 1.25. The Morgan fingerprint density at radius 3 is 2.64 bits per heavy atom. The lowest BCUT2D eigenvalue weighted by molar-refractivity contribution is 0.0462. The smallest absolute Gasteiger partial charge is 0.317 e. The fraction of sp³-hybridized carbons (Fsp3) is 0.450. The van der Waals surface area contributed by atoms with Crippen LogP contribution in [0.4, 0.5) is 4.79 Å². The molecular weight excluding hydrogens is 332 g/mol. The first-order valence-electron chi connectivity index (χ1n) is 9.01. The summed E-state index contributed by atoms with van der Waals surface area (Å²) in [4.78, 5) is 16.1. The van der Waals surface area contributed by atoms with Crippen LogP contribution in [-0.2, 0) is 17.6 Å². The molecule has 2 aromatic rings. The number of amides is 2. The molecule has 1 N–H and O–H groups in total. The number of hydrogen-bond donors (Lipinski definition) is 1. The van der Waals surface area contributed by atoms with E-state index in [2.05, 4.69) is 35.0 Å². The van der Waals surface area contributed by atoms with Gasteiger partial charge >= 0.3 is 6.03 Å². The number of carbonyl (C=O) groups is 1. The van der Waals surface area contributed by atoms with Gasteiger partial charge in [-0.2, -0.15) is 0 Å². The van der Waals surface area contributed by atoms with Crippen molar-refractivity contribution < 1.29 is 9.53 Å². The van der Waals surface area contributed by atoms with E-state index in [0.717, 1.165) is 45.4 Å². The van der Waals surface area contributed by atoms with E-state index in [0.29, 0.717) is 6.54 Å². The number of nitrogens with one attached hydrogen (secondary N) is 1. The number of ether oxygens (including phenoxy) is 1. The molecule has 2 amide bonds. The number of carbonyl (C=O) groups excluding carboxylic acids is 1.